The van der Waals surface area contributed by atoms with Crippen LogP contribution >= 0.6 is 0 Å². The monoisotopic (exact) mass is 395 g/mol. The highest BCUT2D eigenvalue weighted by Gasteiger charge is 2.23. The van der Waals surface area contributed by atoms with E-state index in [1.54, 1.807) is 13.3 Å². The second-order valence-electron chi connectivity index (χ2n) is 7.44. The molecule has 5 heteroatoms. The Labute approximate surface area is 174 Å². The summed E-state index contributed by atoms with van der Waals surface area (Å²) in [6.07, 6.45) is 4.28. The van der Waals surface area contributed by atoms with Crippen molar-refractivity contribution in [1.29, 1.82) is 0 Å². The number of methoxy groups -OCH3 is 1. The molecule has 1 aliphatic heterocycles. The van der Waals surface area contributed by atoms with Crippen molar-refractivity contribution >= 4 is 11.9 Å². The van der Waals surface area contributed by atoms with E-state index in [1.807, 2.05) is 24.3 Å². The zero-order valence-electron chi connectivity index (χ0n) is 17.8. The number of phenolic OH excluding ortho intramolecular Hbond substituents is 1. The lowest BCUT2D eigenvalue weighted by Crippen LogP contribution is -2.27. The van der Waals surface area contributed by atoms with E-state index in [4.69, 9.17) is 9.73 Å². The average Bonchev–Trinajstić information content (AvgIpc) is 3.28. The topological polar surface area (TPSA) is 48.3 Å². The molecule has 1 aliphatic rings. The number of aromatic hydroxyl groups is 1. The van der Waals surface area contributed by atoms with Crippen LogP contribution in [0.3, 0.4) is 0 Å². The Morgan fingerprint density at radius 2 is 1.79 bits per heavy atom. The van der Waals surface area contributed by atoms with Crippen LogP contribution < -0.4 is 9.64 Å². The Morgan fingerprint density at radius 3 is 2.38 bits per heavy atom. The molecule has 1 atom stereocenters. The summed E-state index contributed by atoms with van der Waals surface area (Å²) < 4.78 is 5.29. The Bertz CT molecular complexity index is 794. The van der Waals surface area contributed by atoms with Gasteiger partial charge < -0.3 is 14.7 Å². The van der Waals surface area contributed by atoms with Crippen LogP contribution in [0.15, 0.2) is 47.5 Å². The molecular formula is C24H33N3O2. The van der Waals surface area contributed by atoms with E-state index < -0.39 is 0 Å². The molecule has 0 amide bonds. The maximum atomic E-state index is 10.4. The fourth-order valence-electron chi connectivity index (χ4n) is 3.99. The van der Waals surface area contributed by atoms with Crippen LogP contribution in [0, 0.1) is 0 Å². The molecule has 1 fully saturated rings. The van der Waals surface area contributed by atoms with Gasteiger partial charge in [-0.25, -0.2) is 0 Å². The van der Waals surface area contributed by atoms with Crippen LogP contribution in [0.5, 0.6) is 11.5 Å². The van der Waals surface area contributed by atoms with Crippen LogP contribution in [0.25, 0.3) is 0 Å². The first-order valence-electron chi connectivity index (χ1n) is 10.6. The van der Waals surface area contributed by atoms with Crippen molar-refractivity contribution in [1.82, 2.24) is 4.90 Å². The van der Waals surface area contributed by atoms with Gasteiger partial charge in [0.05, 0.1) is 19.7 Å². The van der Waals surface area contributed by atoms with E-state index in [9.17, 15) is 5.11 Å². The quantitative estimate of drug-likeness (QED) is 0.635. The molecule has 0 spiro atoms. The highest BCUT2D eigenvalue weighted by Crippen LogP contribution is 2.28. The lowest BCUT2D eigenvalue weighted by Gasteiger charge is -2.26. The minimum Gasteiger partial charge on any atom is -0.507 e. The number of phenols is 1. The molecule has 1 saturated heterocycles. The molecule has 0 aliphatic carbocycles. The Hall–Kier alpha value is -2.53. The summed E-state index contributed by atoms with van der Waals surface area (Å²) in [5.41, 5.74) is 3.06. The van der Waals surface area contributed by atoms with Crippen molar-refractivity contribution in [3.63, 3.8) is 0 Å². The van der Waals surface area contributed by atoms with E-state index in [0.29, 0.717) is 6.54 Å². The van der Waals surface area contributed by atoms with Crippen LogP contribution in [-0.4, -0.2) is 56.1 Å². The summed E-state index contributed by atoms with van der Waals surface area (Å²) in [5, 5.41) is 10.4. The fraction of sp³-hybridized carbons (Fsp3) is 0.458. The minimum atomic E-state index is 0.247. The van der Waals surface area contributed by atoms with Gasteiger partial charge in [0.1, 0.15) is 11.5 Å². The van der Waals surface area contributed by atoms with Crippen molar-refractivity contribution in [2.45, 2.75) is 32.7 Å². The van der Waals surface area contributed by atoms with Gasteiger partial charge in [-0.2, -0.15) is 0 Å². The van der Waals surface area contributed by atoms with Gasteiger partial charge in [0, 0.05) is 36.6 Å². The molecule has 0 radical (unpaired) electrons. The van der Waals surface area contributed by atoms with Gasteiger partial charge in [0.25, 0.3) is 0 Å². The number of hydrogen-bond donors (Lipinski definition) is 1. The van der Waals surface area contributed by atoms with Crippen LogP contribution in [0.2, 0.25) is 0 Å². The van der Waals surface area contributed by atoms with E-state index >= 15 is 0 Å². The number of rotatable bonds is 9. The predicted octanol–water partition coefficient (Wildman–Crippen LogP) is 4.50. The molecule has 0 bridgehead atoms. The van der Waals surface area contributed by atoms with Gasteiger partial charge in [-0.1, -0.05) is 12.1 Å². The number of anilines is 1. The molecule has 1 heterocycles. The van der Waals surface area contributed by atoms with Crippen molar-refractivity contribution in [2.24, 2.45) is 4.99 Å². The minimum absolute atomic E-state index is 0.247. The van der Waals surface area contributed by atoms with E-state index in [0.717, 1.165) is 43.2 Å². The Balaban J connectivity index is 1.73. The number of nitrogens with zero attached hydrogens (tertiary/aromatic N) is 3. The summed E-state index contributed by atoms with van der Waals surface area (Å²) in [4.78, 5) is 9.43. The molecule has 0 unspecified atom stereocenters. The normalized spacial score (nSPS) is 15.7. The second kappa shape index (κ2) is 10.3. The molecule has 5 nitrogen and oxygen atoms in total. The standard InChI is InChI=1S/C24H33N3O2/c1-4-26(5-2)21-11-8-20(24(28)16-21)17-25-18-23(27-14-6-7-15-27)19-9-12-22(29-3)13-10-19/h8-13,16-17,23,28H,4-7,14-15,18H2,1-3H3/t23-/m1/s1. The first kappa shape index (κ1) is 21.2. The lowest BCUT2D eigenvalue weighted by atomic mass is 10.1. The summed E-state index contributed by atoms with van der Waals surface area (Å²) in [6, 6.07) is 14.4. The van der Waals surface area contributed by atoms with E-state index in [1.165, 1.54) is 18.4 Å². The van der Waals surface area contributed by atoms with Crippen molar-refractivity contribution in [3.05, 3.63) is 53.6 Å². The molecule has 0 saturated carbocycles. The summed E-state index contributed by atoms with van der Waals surface area (Å²) in [6.45, 7) is 8.96. The van der Waals surface area contributed by atoms with Gasteiger partial charge in [0.15, 0.2) is 0 Å². The Morgan fingerprint density at radius 1 is 1.10 bits per heavy atom. The lowest BCUT2D eigenvalue weighted by molar-refractivity contribution is 0.252. The maximum absolute atomic E-state index is 10.4. The molecule has 156 valence electrons. The van der Waals surface area contributed by atoms with Gasteiger partial charge >= 0.3 is 0 Å². The zero-order valence-corrected chi connectivity index (χ0v) is 17.8. The predicted molar refractivity (Wildman–Crippen MR) is 121 cm³/mol. The number of likely N-dealkylation sites (tertiary alicyclic amines) is 1. The fourth-order valence-corrected chi connectivity index (χ4v) is 3.99. The summed E-state index contributed by atoms with van der Waals surface area (Å²) >= 11 is 0. The number of benzene rings is 2. The second-order valence-corrected chi connectivity index (χ2v) is 7.44. The molecule has 1 N–H and O–H groups in total. The summed E-state index contributed by atoms with van der Waals surface area (Å²) in [5.74, 6) is 1.15. The van der Waals surface area contributed by atoms with Gasteiger partial charge in [-0.15, -0.1) is 0 Å². The molecule has 0 aromatic heterocycles. The molecule has 29 heavy (non-hydrogen) atoms. The molecule has 2 aromatic rings. The largest absolute Gasteiger partial charge is 0.507 e. The highest BCUT2D eigenvalue weighted by atomic mass is 16.5. The van der Waals surface area contributed by atoms with Crippen molar-refractivity contribution in [3.8, 4) is 11.5 Å². The first-order valence-corrected chi connectivity index (χ1v) is 10.6. The molecule has 2 aromatic carbocycles. The number of aliphatic imine (C=N–C) groups is 1. The van der Waals surface area contributed by atoms with Gasteiger partial charge in [0.2, 0.25) is 0 Å². The maximum Gasteiger partial charge on any atom is 0.126 e. The van der Waals surface area contributed by atoms with Gasteiger partial charge in [-0.3, -0.25) is 9.89 Å². The van der Waals surface area contributed by atoms with Crippen LogP contribution in [0.1, 0.15) is 43.9 Å². The van der Waals surface area contributed by atoms with E-state index in [-0.39, 0.29) is 11.8 Å². The summed E-state index contributed by atoms with van der Waals surface area (Å²) in [7, 11) is 1.69. The number of ether oxygens (including phenoxy) is 1. The van der Waals surface area contributed by atoms with E-state index in [2.05, 4.69) is 41.8 Å². The Kier molecular flexibility index (Phi) is 7.53. The van der Waals surface area contributed by atoms with Crippen molar-refractivity contribution in [2.75, 3.05) is 44.7 Å². The highest BCUT2D eigenvalue weighted by molar-refractivity contribution is 5.84. The molecular weight excluding hydrogens is 362 g/mol. The molecule has 3 rings (SSSR count). The van der Waals surface area contributed by atoms with Gasteiger partial charge in [-0.05, 0) is 69.6 Å². The average molecular weight is 396 g/mol. The third-order valence-electron chi connectivity index (χ3n) is 5.73. The SMILES string of the molecule is CCN(CC)c1ccc(C=NC[C@H](c2ccc(OC)cc2)N2CCCC2)c(O)c1. The number of hydrogen-bond acceptors (Lipinski definition) is 5. The smallest absolute Gasteiger partial charge is 0.126 e. The third kappa shape index (κ3) is 5.30. The van der Waals surface area contributed by atoms with Crippen molar-refractivity contribution < 1.29 is 9.84 Å². The van der Waals surface area contributed by atoms with Crippen LogP contribution in [0.4, 0.5) is 5.69 Å². The van der Waals surface area contributed by atoms with Crippen LogP contribution in [-0.2, 0) is 0 Å². The zero-order chi connectivity index (χ0) is 20.6. The first-order chi connectivity index (χ1) is 14.2. The third-order valence-corrected chi connectivity index (χ3v) is 5.73.